The molecule has 2 heterocycles. The average Bonchev–Trinajstić information content (AvgIpc) is 2.54. The van der Waals surface area contributed by atoms with Gasteiger partial charge in [0.2, 0.25) is 5.91 Å². The predicted octanol–water partition coefficient (Wildman–Crippen LogP) is 1.65. The number of carbonyl (C=O) groups is 1. The van der Waals surface area contributed by atoms with Crippen molar-refractivity contribution in [1.82, 2.24) is 15.2 Å². The lowest BCUT2D eigenvalue weighted by atomic mass is 10.1. The molecular weight excluding hydrogens is 284 g/mol. The Kier molecular flexibility index (Phi) is 6.03. The number of carbonyl (C=O) groups excluding carboxylic acids is 1. The molecule has 1 fully saturated rings. The molecule has 1 N–H and O–H groups in total. The van der Waals surface area contributed by atoms with Crippen LogP contribution in [0.2, 0.25) is 0 Å². The van der Waals surface area contributed by atoms with E-state index in [1.165, 1.54) is 11.8 Å². The van der Waals surface area contributed by atoms with Gasteiger partial charge in [-0.2, -0.15) is 5.26 Å². The third-order valence-corrected chi connectivity index (χ3v) is 4.54. The summed E-state index contributed by atoms with van der Waals surface area (Å²) in [7, 11) is 0. The highest BCUT2D eigenvalue weighted by molar-refractivity contribution is 7.99. The molecule has 1 saturated heterocycles. The molecule has 1 aromatic heterocycles. The van der Waals surface area contributed by atoms with Crippen LogP contribution in [0.4, 0.5) is 0 Å². The zero-order chi connectivity index (χ0) is 15.1. The van der Waals surface area contributed by atoms with E-state index >= 15 is 0 Å². The molecule has 21 heavy (non-hydrogen) atoms. The van der Waals surface area contributed by atoms with Gasteiger partial charge in [-0.15, -0.1) is 0 Å². The fraction of sp³-hybridized carbons (Fsp3) is 0.533. The number of nitrogens with zero attached hydrogens (tertiary/aromatic N) is 3. The number of hydrogen-bond acceptors (Lipinski definition) is 5. The minimum absolute atomic E-state index is 0.0408. The van der Waals surface area contributed by atoms with Gasteiger partial charge in [0.05, 0.1) is 22.4 Å². The molecule has 1 aliphatic heterocycles. The average molecular weight is 304 g/mol. The second-order valence-electron chi connectivity index (χ2n) is 5.06. The number of hydrogen-bond donors (Lipinski definition) is 1. The number of likely N-dealkylation sites (tertiary alicyclic amines) is 1. The highest BCUT2D eigenvalue weighted by Crippen LogP contribution is 2.16. The molecule has 0 atom stereocenters. The first-order chi connectivity index (χ1) is 10.2. The van der Waals surface area contributed by atoms with Crippen molar-refractivity contribution in [2.75, 3.05) is 25.4 Å². The maximum atomic E-state index is 12.0. The zero-order valence-electron chi connectivity index (χ0n) is 12.2. The van der Waals surface area contributed by atoms with Gasteiger partial charge in [-0.3, -0.25) is 4.79 Å². The second kappa shape index (κ2) is 8.01. The topological polar surface area (TPSA) is 69.0 Å². The van der Waals surface area contributed by atoms with Crippen LogP contribution in [0.1, 0.15) is 25.3 Å². The Morgan fingerprint density at radius 2 is 2.33 bits per heavy atom. The van der Waals surface area contributed by atoms with Gasteiger partial charge in [0, 0.05) is 25.3 Å². The molecule has 112 valence electrons. The maximum absolute atomic E-state index is 12.0. The summed E-state index contributed by atoms with van der Waals surface area (Å²) < 4.78 is 0. The summed E-state index contributed by atoms with van der Waals surface area (Å²) in [4.78, 5) is 18.5. The summed E-state index contributed by atoms with van der Waals surface area (Å²) in [6.07, 6.45) is 3.64. The van der Waals surface area contributed by atoms with E-state index < -0.39 is 0 Å². The van der Waals surface area contributed by atoms with E-state index in [-0.39, 0.29) is 5.91 Å². The summed E-state index contributed by atoms with van der Waals surface area (Å²) in [6.45, 7) is 5.36. The van der Waals surface area contributed by atoms with E-state index in [1.54, 1.807) is 18.3 Å². The Hall–Kier alpha value is -1.58. The van der Waals surface area contributed by atoms with Gasteiger partial charge in [0.25, 0.3) is 0 Å². The molecule has 0 aromatic carbocycles. The lowest BCUT2D eigenvalue weighted by Gasteiger charge is -2.31. The van der Waals surface area contributed by atoms with E-state index in [0.29, 0.717) is 22.4 Å². The van der Waals surface area contributed by atoms with E-state index in [2.05, 4.69) is 28.2 Å². The van der Waals surface area contributed by atoms with Gasteiger partial charge in [0.1, 0.15) is 0 Å². The summed E-state index contributed by atoms with van der Waals surface area (Å²) in [5.74, 6) is 0.384. The Labute approximate surface area is 129 Å². The molecule has 0 bridgehead atoms. The highest BCUT2D eigenvalue weighted by Gasteiger charge is 2.19. The number of amides is 1. The number of aromatic nitrogens is 1. The van der Waals surface area contributed by atoms with E-state index in [4.69, 9.17) is 5.26 Å². The number of nitriles is 1. The molecular formula is C15H20N4OS. The molecule has 5 nitrogen and oxygen atoms in total. The Balaban J connectivity index is 1.74. The summed E-state index contributed by atoms with van der Waals surface area (Å²) >= 11 is 1.37. The van der Waals surface area contributed by atoms with Crippen LogP contribution in [0.5, 0.6) is 0 Å². The number of pyridine rings is 1. The van der Waals surface area contributed by atoms with Crippen LogP contribution in [-0.2, 0) is 4.79 Å². The Morgan fingerprint density at radius 3 is 3.00 bits per heavy atom. The van der Waals surface area contributed by atoms with Gasteiger partial charge < -0.3 is 10.2 Å². The molecule has 6 heteroatoms. The molecule has 1 amide bonds. The minimum Gasteiger partial charge on any atom is -0.353 e. The molecule has 0 saturated carbocycles. The molecule has 0 unspecified atom stereocenters. The Bertz CT molecular complexity index is 521. The van der Waals surface area contributed by atoms with Crippen LogP contribution in [0.25, 0.3) is 0 Å². The number of piperidine rings is 1. The van der Waals surface area contributed by atoms with E-state index in [1.807, 2.05) is 0 Å². The van der Waals surface area contributed by atoms with Crippen molar-refractivity contribution in [1.29, 1.82) is 5.26 Å². The highest BCUT2D eigenvalue weighted by atomic mass is 32.2. The van der Waals surface area contributed by atoms with E-state index in [9.17, 15) is 4.79 Å². The predicted molar refractivity (Wildman–Crippen MR) is 83.0 cm³/mol. The summed E-state index contributed by atoms with van der Waals surface area (Å²) in [5.41, 5.74) is 0.569. The number of thioether (sulfide) groups is 1. The van der Waals surface area contributed by atoms with E-state index in [0.717, 1.165) is 32.5 Å². The first kappa shape index (κ1) is 15.8. The van der Waals surface area contributed by atoms with Crippen LogP contribution in [0.3, 0.4) is 0 Å². The van der Waals surface area contributed by atoms with Crippen LogP contribution in [0, 0.1) is 11.3 Å². The fourth-order valence-electron chi connectivity index (χ4n) is 2.36. The van der Waals surface area contributed by atoms with Crippen LogP contribution < -0.4 is 5.32 Å². The van der Waals surface area contributed by atoms with Gasteiger partial charge in [-0.25, -0.2) is 4.98 Å². The summed E-state index contributed by atoms with van der Waals surface area (Å²) in [6, 6.07) is 5.73. The van der Waals surface area contributed by atoms with Crippen LogP contribution >= 0.6 is 11.8 Å². The second-order valence-corrected chi connectivity index (χ2v) is 6.05. The number of rotatable bonds is 5. The Morgan fingerprint density at radius 1 is 1.57 bits per heavy atom. The first-order valence-corrected chi connectivity index (χ1v) is 8.20. The third kappa shape index (κ3) is 5.03. The van der Waals surface area contributed by atoms with Crippen LogP contribution in [0.15, 0.2) is 23.4 Å². The smallest absolute Gasteiger partial charge is 0.230 e. The molecule has 1 aliphatic rings. The van der Waals surface area contributed by atoms with Crippen molar-refractivity contribution in [3.8, 4) is 6.07 Å². The lowest BCUT2D eigenvalue weighted by molar-refractivity contribution is -0.119. The van der Waals surface area contributed by atoms with Crippen LogP contribution in [-0.4, -0.2) is 47.2 Å². The minimum atomic E-state index is 0.0408. The maximum Gasteiger partial charge on any atom is 0.230 e. The lowest BCUT2D eigenvalue weighted by Crippen LogP contribution is -2.45. The van der Waals surface area contributed by atoms with Crippen molar-refractivity contribution in [2.45, 2.75) is 30.8 Å². The standard InChI is InChI=1S/C15H20N4OS/c1-2-19-7-4-13(5-8-19)18-14(20)11-21-15-9-12(10-16)3-6-17-15/h3,6,9,13H,2,4-5,7-8,11H2,1H3,(H,18,20). The van der Waals surface area contributed by atoms with Gasteiger partial charge in [0.15, 0.2) is 0 Å². The van der Waals surface area contributed by atoms with Crippen molar-refractivity contribution in [3.05, 3.63) is 23.9 Å². The van der Waals surface area contributed by atoms with Gasteiger partial charge >= 0.3 is 0 Å². The molecule has 0 spiro atoms. The SMILES string of the molecule is CCN1CCC(NC(=O)CSc2cc(C#N)ccn2)CC1. The zero-order valence-corrected chi connectivity index (χ0v) is 13.0. The quantitative estimate of drug-likeness (QED) is 0.838. The first-order valence-electron chi connectivity index (χ1n) is 7.22. The molecule has 0 radical (unpaired) electrons. The summed E-state index contributed by atoms with van der Waals surface area (Å²) in [5, 5.41) is 12.6. The molecule has 1 aromatic rings. The fourth-order valence-corrected chi connectivity index (χ4v) is 3.07. The molecule has 2 rings (SSSR count). The monoisotopic (exact) mass is 304 g/mol. The third-order valence-electron chi connectivity index (χ3n) is 3.61. The van der Waals surface area contributed by atoms with Crippen molar-refractivity contribution < 1.29 is 4.79 Å². The van der Waals surface area contributed by atoms with Gasteiger partial charge in [-0.1, -0.05) is 18.7 Å². The largest absolute Gasteiger partial charge is 0.353 e. The van der Waals surface area contributed by atoms with Crippen molar-refractivity contribution in [3.63, 3.8) is 0 Å². The van der Waals surface area contributed by atoms with Gasteiger partial charge in [-0.05, 0) is 31.5 Å². The van der Waals surface area contributed by atoms with Crippen molar-refractivity contribution in [2.24, 2.45) is 0 Å². The van der Waals surface area contributed by atoms with Crippen molar-refractivity contribution >= 4 is 17.7 Å². The normalized spacial score (nSPS) is 16.4. The number of nitrogens with one attached hydrogen (secondary N) is 1. The molecule has 0 aliphatic carbocycles.